The molecule has 1 unspecified atom stereocenters. The van der Waals surface area contributed by atoms with Crippen LogP contribution in [0.4, 0.5) is 5.69 Å². The van der Waals surface area contributed by atoms with Crippen LogP contribution in [0, 0.1) is 0 Å². The van der Waals surface area contributed by atoms with E-state index in [1.54, 1.807) is 0 Å². The van der Waals surface area contributed by atoms with Gasteiger partial charge in [0, 0.05) is 35.2 Å². The van der Waals surface area contributed by atoms with Gasteiger partial charge in [-0.2, -0.15) is 0 Å². The highest BCUT2D eigenvalue weighted by atomic mass is 14.8. The lowest BCUT2D eigenvalue weighted by molar-refractivity contribution is 0.710. The highest BCUT2D eigenvalue weighted by molar-refractivity contribution is 5.88. The Kier molecular flexibility index (Phi) is 10.00. The quantitative estimate of drug-likeness (QED) is 0.253. The zero-order chi connectivity index (χ0) is 21.9. The Morgan fingerprint density at radius 3 is 2.57 bits per heavy atom. The molecule has 1 aromatic heterocycles. The molecule has 1 aromatic carbocycles. The van der Waals surface area contributed by atoms with Crippen LogP contribution in [0.25, 0.3) is 10.9 Å². The van der Waals surface area contributed by atoms with Gasteiger partial charge in [0.25, 0.3) is 0 Å². The Labute approximate surface area is 184 Å². The van der Waals surface area contributed by atoms with Gasteiger partial charge in [0.15, 0.2) is 0 Å². The molecule has 2 aromatic rings. The number of hydrogen-bond acceptors (Lipinski definition) is 1. The smallest absolute Gasteiger partial charge is 0.0460 e. The van der Waals surface area contributed by atoms with Gasteiger partial charge in [0.1, 0.15) is 0 Å². The van der Waals surface area contributed by atoms with E-state index in [2.05, 4.69) is 81.0 Å². The lowest BCUT2D eigenvalue weighted by atomic mass is 9.90. The van der Waals surface area contributed by atoms with Gasteiger partial charge in [-0.3, -0.25) is 0 Å². The number of aromatic amines is 1. The second-order valence-electron chi connectivity index (χ2n) is 8.44. The van der Waals surface area contributed by atoms with Crippen LogP contribution >= 0.6 is 0 Å². The SMILES string of the molecule is C=C(/C=C\C(=C/CCC)C(C)c1[nH]c2ccc(NC)cc2c1CCCCC)CCC. The number of aromatic nitrogens is 1. The topological polar surface area (TPSA) is 27.8 Å². The first-order chi connectivity index (χ1) is 14.5. The summed E-state index contributed by atoms with van der Waals surface area (Å²) in [6.45, 7) is 13.3. The summed E-state index contributed by atoms with van der Waals surface area (Å²) < 4.78 is 0. The van der Waals surface area contributed by atoms with Crippen LogP contribution < -0.4 is 5.32 Å². The Hall–Kier alpha value is -2.22. The molecule has 164 valence electrons. The molecule has 0 aliphatic rings. The van der Waals surface area contributed by atoms with E-state index < -0.39 is 0 Å². The molecule has 0 saturated carbocycles. The largest absolute Gasteiger partial charge is 0.388 e. The van der Waals surface area contributed by atoms with Gasteiger partial charge in [-0.15, -0.1) is 0 Å². The summed E-state index contributed by atoms with van der Waals surface area (Å²) in [5.41, 5.74) is 7.90. The molecule has 0 fully saturated rings. The fraction of sp³-hybridized carbons (Fsp3) is 0.500. The Morgan fingerprint density at radius 1 is 1.10 bits per heavy atom. The normalized spacial score (nSPS) is 13.3. The maximum Gasteiger partial charge on any atom is 0.0460 e. The summed E-state index contributed by atoms with van der Waals surface area (Å²) in [4.78, 5) is 3.79. The molecule has 0 aliphatic heterocycles. The van der Waals surface area contributed by atoms with Crippen molar-refractivity contribution in [1.29, 1.82) is 0 Å². The average Bonchev–Trinajstić information content (AvgIpc) is 3.11. The van der Waals surface area contributed by atoms with Crippen LogP contribution in [0.1, 0.15) is 89.8 Å². The van der Waals surface area contributed by atoms with Crippen LogP contribution in [0.3, 0.4) is 0 Å². The number of hydrogen-bond donors (Lipinski definition) is 2. The summed E-state index contributed by atoms with van der Waals surface area (Å²) in [5, 5.41) is 4.67. The summed E-state index contributed by atoms with van der Waals surface area (Å²) in [5.74, 6) is 0.337. The zero-order valence-corrected chi connectivity index (χ0v) is 19.9. The Bertz CT molecular complexity index is 866. The van der Waals surface area contributed by atoms with E-state index in [1.807, 2.05) is 7.05 Å². The van der Waals surface area contributed by atoms with Crippen LogP contribution in [-0.2, 0) is 6.42 Å². The van der Waals surface area contributed by atoms with Crippen molar-refractivity contribution in [2.75, 3.05) is 12.4 Å². The molecule has 0 spiro atoms. The molecular formula is C28H42N2. The predicted molar refractivity (Wildman–Crippen MR) is 136 cm³/mol. The summed E-state index contributed by atoms with van der Waals surface area (Å²) in [7, 11) is 1.99. The monoisotopic (exact) mass is 406 g/mol. The first kappa shape index (κ1) is 24.1. The van der Waals surface area contributed by atoms with Crippen LogP contribution in [-0.4, -0.2) is 12.0 Å². The fourth-order valence-electron chi connectivity index (χ4n) is 4.10. The molecular weight excluding hydrogens is 364 g/mol. The first-order valence-corrected chi connectivity index (χ1v) is 11.9. The van der Waals surface area contributed by atoms with Crippen LogP contribution in [0.2, 0.25) is 0 Å². The van der Waals surface area contributed by atoms with Crippen LogP contribution in [0.5, 0.6) is 0 Å². The number of H-pyrrole nitrogens is 1. The highest BCUT2D eigenvalue weighted by Crippen LogP contribution is 2.35. The molecule has 1 heterocycles. The highest BCUT2D eigenvalue weighted by Gasteiger charge is 2.19. The number of unbranched alkanes of at least 4 members (excludes halogenated alkanes) is 3. The lowest BCUT2D eigenvalue weighted by Crippen LogP contribution is -2.02. The molecule has 0 aliphatic carbocycles. The van der Waals surface area contributed by atoms with E-state index in [0.29, 0.717) is 5.92 Å². The number of fused-ring (bicyclic) bond motifs is 1. The van der Waals surface area contributed by atoms with Crippen molar-refractivity contribution in [3.8, 4) is 0 Å². The Balaban J connectivity index is 2.47. The van der Waals surface area contributed by atoms with Gasteiger partial charge in [0.2, 0.25) is 0 Å². The number of aryl methyl sites for hydroxylation is 1. The summed E-state index contributed by atoms with van der Waals surface area (Å²) in [6.07, 6.45) is 16.3. The van der Waals surface area contributed by atoms with Crippen molar-refractivity contribution in [3.05, 3.63) is 65.4 Å². The van der Waals surface area contributed by atoms with Gasteiger partial charge < -0.3 is 10.3 Å². The molecule has 0 radical (unpaired) electrons. The average molecular weight is 407 g/mol. The fourth-order valence-corrected chi connectivity index (χ4v) is 4.10. The van der Waals surface area contributed by atoms with Crippen molar-refractivity contribution in [1.82, 2.24) is 4.98 Å². The number of allylic oxidation sites excluding steroid dienone is 5. The molecule has 2 rings (SSSR count). The molecule has 2 nitrogen and oxygen atoms in total. The minimum Gasteiger partial charge on any atom is -0.388 e. The molecule has 2 heteroatoms. The van der Waals surface area contributed by atoms with Crippen molar-refractivity contribution in [2.24, 2.45) is 0 Å². The van der Waals surface area contributed by atoms with Gasteiger partial charge >= 0.3 is 0 Å². The zero-order valence-electron chi connectivity index (χ0n) is 19.9. The second-order valence-corrected chi connectivity index (χ2v) is 8.44. The van der Waals surface area contributed by atoms with E-state index in [0.717, 1.165) is 25.7 Å². The Morgan fingerprint density at radius 2 is 1.90 bits per heavy atom. The van der Waals surface area contributed by atoms with Crippen LogP contribution in [0.15, 0.2) is 54.2 Å². The maximum absolute atomic E-state index is 4.22. The molecule has 30 heavy (non-hydrogen) atoms. The number of benzene rings is 1. The van der Waals surface area contributed by atoms with E-state index in [4.69, 9.17) is 0 Å². The van der Waals surface area contributed by atoms with Crippen molar-refractivity contribution in [3.63, 3.8) is 0 Å². The minimum absolute atomic E-state index is 0.337. The van der Waals surface area contributed by atoms with Gasteiger partial charge in [-0.05, 0) is 55.0 Å². The van der Waals surface area contributed by atoms with Crippen molar-refractivity contribution >= 4 is 16.6 Å². The summed E-state index contributed by atoms with van der Waals surface area (Å²) in [6, 6.07) is 6.68. The van der Waals surface area contributed by atoms with Gasteiger partial charge in [-0.1, -0.05) is 83.8 Å². The van der Waals surface area contributed by atoms with Crippen molar-refractivity contribution < 1.29 is 0 Å². The number of nitrogens with one attached hydrogen (secondary N) is 2. The van der Waals surface area contributed by atoms with Gasteiger partial charge in [0.05, 0.1) is 0 Å². The van der Waals surface area contributed by atoms with Gasteiger partial charge in [-0.25, -0.2) is 0 Å². The first-order valence-electron chi connectivity index (χ1n) is 11.9. The summed E-state index contributed by atoms with van der Waals surface area (Å²) >= 11 is 0. The predicted octanol–water partition coefficient (Wildman–Crippen LogP) is 8.68. The second kappa shape index (κ2) is 12.5. The molecule has 2 N–H and O–H groups in total. The number of anilines is 1. The third-order valence-electron chi connectivity index (χ3n) is 5.94. The van der Waals surface area contributed by atoms with E-state index >= 15 is 0 Å². The molecule has 1 atom stereocenters. The molecule has 0 saturated heterocycles. The molecule has 0 bridgehead atoms. The number of rotatable bonds is 13. The third-order valence-corrected chi connectivity index (χ3v) is 5.94. The van der Waals surface area contributed by atoms with E-state index in [1.165, 1.54) is 64.7 Å². The third kappa shape index (κ3) is 6.39. The lowest BCUT2D eigenvalue weighted by Gasteiger charge is -2.16. The van der Waals surface area contributed by atoms with E-state index in [-0.39, 0.29) is 0 Å². The standard InChI is InChI=1S/C28H42N2/c1-7-10-12-15-25-26-20-24(29-6)18-19-27(26)30-28(25)22(5)23(14-11-8-2)17-16-21(4)13-9-3/h14,16-20,22,29-30H,4,7-13,15H2,1-3,5-6H3/b17-16-,23-14+. The van der Waals surface area contributed by atoms with Crippen molar-refractivity contribution in [2.45, 2.75) is 85.0 Å². The van der Waals surface area contributed by atoms with E-state index in [9.17, 15) is 0 Å². The minimum atomic E-state index is 0.337. The molecule has 0 amide bonds. The maximum atomic E-state index is 4.22.